The standard InChI is InChI=1S/C20H31NO4S/c1-2-3-4-8-14-24-19(26)21-18-13-10-12-17(16-18)11-7-5-6-9-15-25-20(22)23/h10,12-13,16H,2-9,11,14-15H2,1H3,(H,21,26)(H,22,23). The minimum Gasteiger partial charge on any atom is -0.471 e. The van der Waals surface area contributed by atoms with Crippen molar-refractivity contribution in [3.8, 4) is 0 Å². The van der Waals surface area contributed by atoms with E-state index in [2.05, 4.69) is 29.1 Å². The molecular weight excluding hydrogens is 350 g/mol. The Hall–Kier alpha value is -1.82. The number of unbranched alkanes of at least 4 members (excludes halogenated alkanes) is 6. The van der Waals surface area contributed by atoms with E-state index < -0.39 is 6.16 Å². The van der Waals surface area contributed by atoms with Gasteiger partial charge in [-0.1, -0.05) is 51.2 Å². The second-order valence-corrected chi connectivity index (χ2v) is 6.67. The van der Waals surface area contributed by atoms with Crippen LogP contribution in [0.5, 0.6) is 0 Å². The van der Waals surface area contributed by atoms with Crippen LogP contribution in [0.2, 0.25) is 0 Å². The van der Waals surface area contributed by atoms with Gasteiger partial charge in [0.1, 0.15) is 0 Å². The topological polar surface area (TPSA) is 67.8 Å². The number of hydrogen-bond acceptors (Lipinski definition) is 4. The number of ether oxygens (including phenoxy) is 2. The predicted octanol–water partition coefficient (Wildman–Crippen LogP) is 5.78. The maximum Gasteiger partial charge on any atom is 0.505 e. The Morgan fingerprint density at radius 2 is 1.73 bits per heavy atom. The van der Waals surface area contributed by atoms with Gasteiger partial charge in [0.25, 0.3) is 5.17 Å². The van der Waals surface area contributed by atoms with Gasteiger partial charge in [0.05, 0.1) is 13.2 Å². The van der Waals surface area contributed by atoms with E-state index in [0.29, 0.717) is 11.8 Å². The van der Waals surface area contributed by atoms with Crippen LogP contribution in [0.25, 0.3) is 0 Å². The highest BCUT2D eigenvalue weighted by molar-refractivity contribution is 7.80. The van der Waals surface area contributed by atoms with Crippen LogP contribution in [-0.4, -0.2) is 29.7 Å². The van der Waals surface area contributed by atoms with Crippen molar-refractivity contribution in [2.24, 2.45) is 0 Å². The third-order valence-electron chi connectivity index (χ3n) is 3.99. The number of benzene rings is 1. The van der Waals surface area contributed by atoms with Gasteiger partial charge in [-0.15, -0.1) is 0 Å². The van der Waals surface area contributed by atoms with Crippen molar-refractivity contribution >= 4 is 29.2 Å². The molecule has 1 rings (SSSR count). The molecule has 0 atom stereocenters. The van der Waals surface area contributed by atoms with Crippen molar-refractivity contribution in [1.82, 2.24) is 0 Å². The fourth-order valence-corrected chi connectivity index (χ4v) is 2.80. The number of anilines is 1. The maximum absolute atomic E-state index is 10.2. The molecule has 0 aromatic heterocycles. The minimum atomic E-state index is -1.20. The smallest absolute Gasteiger partial charge is 0.471 e. The second-order valence-electron chi connectivity index (χ2n) is 6.30. The van der Waals surface area contributed by atoms with Crippen LogP contribution in [0, 0.1) is 0 Å². The number of carboxylic acid groups (broad SMARTS) is 1. The van der Waals surface area contributed by atoms with E-state index in [4.69, 9.17) is 22.1 Å². The second kappa shape index (κ2) is 14.4. The van der Waals surface area contributed by atoms with E-state index in [0.717, 1.165) is 44.2 Å². The van der Waals surface area contributed by atoms with Gasteiger partial charge in [0, 0.05) is 5.69 Å². The van der Waals surface area contributed by atoms with Gasteiger partial charge in [-0.25, -0.2) is 4.79 Å². The fourth-order valence-electron chi connectivity index (χ4n) is 2.60. The van der Waals surface area contributed by atoms with Crippen LogP contribution in [0.4, 0.5) is 10.5 Å². The first-order valence-corrected chi connectivity index (χ1v) is 9.91. The van der Waals surface area contributed by atoms with Crippen molar-refractivity contribution in [3.05, 3.63) is 29.8 Å². The van der Waals surface area contributed by atoms with Crippen LogP contribution in [0.15, 0.2) is 24.3 Å². The molecular formula is C20H31NO4S. The molecule has 0 spiro atoms. The van der Waals surface area contributed by atoms with Crippen LogP contribution < -0.4 is 5.32 Å². The van der Waals surface area contributed by atoms with Gasteiger partial charge in [-0.3, -0.25) is 0 Å². The third kappa shape index (κ3) is 11.7. The molecule has 0 aliphatic heterocycles. The Morgan fingerprint density at radius 1 is 1.04 bits per heavy atom. The lowest BCUT2D eigenvalue weighted by molar-refractivity contribution is 0.0900. The quantitative estimate of drug-likeness (QED) is 0.256. The van der Waals surface area contributed by atoms with E-state index in [1.807, 2.05) is 12.1 Å². The number of aryl methyl sites for hydroxylation is 1. The summed E-state index contributed by atoms with van der Waals surface area (Å²) in [7, 11) is 0. The lowest BCUT2D eigenvalue weighted by Crippen LogP contribution is -2.14. The zero-order valence-corrected chi connectivity index (χ0v) is 16.5. The molecule has 0 unspecified atom stereocenters. The molecule has 26 heavy (non-hydrogen) atoms. The first-order chi connectivity index (χ1) is 12.6. The van der Waals surface area contributed by atoms with Crippen molar-refractivity contribution in [2.45, 2.75) is 64.7 Å². The summed E-state index contributed by atoms with van der Waals surface area (Å²) in [6, 6.07) is 8.20. The number of hydrogen-bond donors (Lipinski definition) is 2. The normalized spacial score (nSPS) is 10.3. The average Bonchev–Trinajstić information content (AvgIpc) is 2.61. The van der Waals surface area contributed by atoms with Gasteiger partial charge in [-0.2, -0.15) is 0 Å². The summed E-state index contributed by atoms with van der Waals surface area (Å²) in [4.78, 5) is 10.2. The fraction of sp³-hybridized carbons (Fsp3) is 0.600. The average molecular weight is 382 g/mol. The van der Waals surface area contributed by atoms with Crippen molar-refractivity contribution in [2.75, 3.05) is 18.5 Å². The molecule has 5 nitrogen and oxygen atoms in total. The summed E-state index contributed by atoms with van der Waals surface area (Å²) in [5.74, 6) is 0. The predicted molar refractivity (Wildman–Crippen MR) is 109 cm³/mol. The number of rotatable bonds is 13. The Bertz CT molecular complexity index is 536. The van der Waals surface area contributed by atoms with Gasteiger partial charge in [-0.05, 0) is 55.6 Å². The zero-order valence-electron chi connectivity index (χ0n) is 15.7. The Balaban J connectivity index is 2.19. The monoisotopic (exact) mass is 381 g/mol. The molecule has 0 radical (unpaired) electrons. The molecule has 0 aliphatic rings. The minimum absolute atomic E-state index is 0.282. The van der Waals surface area contributed by atoms with Gasteiger partial charge in [0.15, 0.2) is 0 Å². The summed E-state index contributed by atoms with van der Waals surface area (Å²) >= 11 is 5.24. The van der Waals surface area contributed by atoms with E-state index in [1.54, 1.807) is 0 Å². The van der Waals surface area contributed by atoms with E-state index in [1.165, 1.54) is 24.8 Å². The lowest BCUT2D eigenvalue weighted by Gasteiger charge is -2.11. The highest BCUT2D eigenvalue weighted by Crippen LogP contribution is 2.14. The van der Waals surface area contributed by atoms with Crippen molar-refractivity contribution < 1.29 is 19.4 Å². The maximum atomic E-state index is 10.2. The molecule has 6 heteroatoms. The molecule has 1 aromatic carbocycles. The molecule has 0 aliphatic carbocycles. The Labute approximate surface area is 162 Å². The van der Waals surface area contributed by atoms with Gasteiger partial charge in [0.2, 0.25) is 0 Å². The Kier molecular flexibility index (Phi) is 12.3. The van der Waals surface area contributed by atoms with Crippen LogP contribution in [-0.2, 0) is 15.9 Å². The first-order valence-electron chi connectivity index (χ1n) is 9.50. The van der Waals surface area contributed by atoms with Crippen molar-refractivity contribution in [1.29, 1.82) is 0 Å². The molecule has 0 saturated carbocycles. The molecule has 1 aromatic rings. The number of carbonyl (C=O) groups is 1. The van der Waals surface area contributed by atoms with Crippen LogP contribution in [0.3, 0.4) is 0 Å². The lowest BCUT2D eigenvalue weighted by atomic mass is 10.1. The molecule has 0 fully saturated rings. The highest BCUT2D eigenvalue weighted by atomic mass is 32.1. The molecule has 0 heterocycles. The molecule has 0 amide bonds. The third-order valence-corrected chi connectivity index (χ3v) is 4.21. The summed E-state index contributed by atoms with van der Waals surface area (Å²) in [5.41, 5.74) is 2.21. The number of thiocarbonyl (C=S) groups is 1. The van der Waals surface area contributed by atoms with Crippen molar-refractivity contribution in [3.63, 3.8) is 0 Å². The molecule has 146 valence electrons. The van der Waals surface area contributed by atoms with Crippen LogP contribution >= 0.6 is 12.2 Å². The first kappa shape index (κ1) is 22.2. The summed E-state index contributed by atoms with van der Waals surface area (Å²) in [5, 5.41) is 12.0. The largest absolute Gasteiger partial charge is 0.505 e. The van der Waals surface area contributed by atoms with Crippen LogP contribution in [0.1, 0.15) is 63.9 Å². The van der Waals surface area contributed by atoms with Gasteiger partial charge < -0.3 is 19.9 Å². The number of nitrogens with one attached hydrogen (secondary N) is 1. The van der Waals surface area contributed by atoms with E-state index >= 15 is 0 Å². The summed E-state index contributed by atoms with van der Waals surface area (Å²) in [6.45, 7) is 3.13. The molecule has 0 saturated heterocycles. The zero-order chi connectivity index (χ0) is 19.0. The SMILES string of the molecule is CCCCCCOC(=S)Nc1cccc(CCCCCCOC(=O)O)c1. The summed E-state index contributed by atoms with van der Waals surface area (Å²) < 4.78 is 10.0. The highest BCUT2D eigenvalue weighted by Gasteiger charge is 2.01. The molecule has 2 N–H and O–H groups in total. The van der Waals surface area contributed by atoms with E-state index in [9.17, 15) is 4.79 Å². The Morgan fingerprint density at radius 3 is 2.46 bits per heavy atom. The van der Waals surface area contributed by atoms with E-state index in [-0.39, 0.29) is 6.61 Å². The summed E-state index contributed by atoms with van der Waals surface area (Å²) in [6.07, 6.45) is 8.32. The van der Waals surface area contributed by atoms with Gasteiger partial charge >= 0.3 is 6.16 Å². The molecule has 0 bridgehead atoms.